The second-order valence-electron chi connectivity index (χ2n) is 6.82. The third-order valence-corrected chi connectivity index (χ3v) is 4.90. The normalized spacial score (nSPS) is 19.0. The van der Waals surface area contributed by atoms with Crippen molar-refractivity contribution in [2.45, 2.75) is 19.0 Å². The number of nitrogens with zero attached hydrogens (tertiary/aromatic N) is 3. The van der Waals surface area contributed by atoms with Gasteiger partial charge in [-0.15, -0.1) is 24.0 Å². The fourth-order valence-electron chi connectivity index (χ4n) is 3.46. The second-order valence-corrected chi connectivity index (χ2v) is 6.82. The van der Waals surface area contributed by atoms with E-state index in [0.717, 1.165) is 17.7 Å². The van der Waals surface area contributed by atoms with Crippen molar-refractivity contribution < 1.29 is 13.9 Å². The Kier molecular flexibility index (Phi) is 7.48. The van der Waals surface area contributed by atoms with E-state index >= 15 is 0 Å². The summed E-state index contributed by atoms with van der Waals surface area (Å²) in [6, 6.07) is 9.40. The molecule has 0 spiro atoms. The molecule has 0 radical (unpaired) electrons. The van der Waals surface area contributed by atoms with Crippen molar-refractivity contribution in [3.63, 3.8) is 0 Å². The molecule has 1 fully saturated rings. The molecule has 9 heteroatoms. The van der Waals surface area contributed by atoms with Crippen LogP contribution in [0.1, 0.15) is 23.6 Å². The Morgan fingerprint density at radius 1 is 1.28 bits per heavy atom. The Morgan fingerprint density at radius 2 is 2.07 bits per heavy atom. The number of nitrogens with one attached hydrogen (secondary N) is 1. The number of anilines is 1. The zero-order valence-corrected chi connectivity index (χ0v) is 18.3. The number of morpholine rings is 1. The summed E-state index contributed by atoms with van der Waals surface area (Å²) in [5, 5.41) is 3.23. The van der Waals surface area contributed by atoms with Crippen LogP contribution in [0.15, 0.2) is 41.5 Å². The summed E-state index contributed by atoms with van der Waals surface area (Å²) in [6.07, 6.45) is 2.45. The van der Waals surface area contributed by atoms with Gasteiger partial charge >= 0.3 is 0 Å². The number of para-hydroxylation sites is 1. The molecule has 4 rings (SSSR count). The Labute approximate surface area is 186 Å². The highest BCUT2D eigenvalue weighted by Gasteiger charge is 2.21. The molecule has 0 saturated carbocycles. The van der Waals surface area contributed by atoms with Crippen molar-refractivity contribution in [3.8, 4) is 5.75 Å². The van der Waals surface area contributed by atoms with Gasteiger partial charge in [-0.2, -0.15) is 0 Å². The molecule has 1 unspecified atom stereocenters. The quantitative estimate of drug-likeness (QED) is 0.372. The van der Waals surface area contributed by atoms with Gasteiger partial charge in [0.25, 0.3) is 0 Å². The summed E-state index contributed by atoms with van der Waals surface area (Å²) in [6.45, 7) is 3.35. The summed E-state index contributed by atoms with van der Waals surface area (Å²) >= 11 is 0. The lowest BCUT2D eigenvalue weighted by molar-refractivity contribution is 0.122. The molecule has 1 saturated heterocycles. The molecule has 1 atom stereocenters. The lowest BCUT2D eigenvalue weighted by Gasteiger charge is -2.28. The van der Waals surface area contributed by atoms with Crippen LogP contribution in [0, 0.1) is 5.82 Å². The molecule has 3 N–H and O–H groups in total. The van der Waals surface area contributed by atoms with Crippen molar-refractivity contribution >= 4 is 35.8 Å². The highest BCUT2D eigenvalue weighted by molar-refractivity contribution is 14.0. The molecule has 0 bridgehead atoms. The number of aromatic nitrogens is 1. The van der Waals surface area contributed by atoms with Crippen molar-refractivity contribution in [1.29, 1.82) is 0 Å². The number of hydrogen-bond donors (Lipinski definition) is 2. The fourth-order valence-corrected chi connectivity index (χ4v) is 3.46. The molecule has 156 valence electrons. The second kappa shape index (κ2) is 10.1. The largest absolute Gasteiger partial charge is 0.493 e. The van der Waals surface area contributed by atoms with Crippen LogP contribution < -0.4 is 20.7 Å². The van der Waals surface area contributed by atoms with E-state index in [1.54, 1.807) is 6.20 Å². The van der Waals surface area contributed by atoms with Crippen molar-refractivity contribution in [3.05, 3.63) is 53.5 Å². The van der Waals surface area contributed by atoms with Crippen LogP contribution in [0.25, 0.3) is 0 Å². The third kappa shape index (κ3) is 5.27. The molecule has 2 aromatic rings. The van der Waals surface area contributed by atoms with E-state index in [0.29, 0.717) is 50.3 Å². The monoisotopic (exact) mass is 513 g/mol. The van der Waals surface area contributed by atoms with Crippen LogP contribution in [0.5, 0.6) is 5.75 Å². The first-order valence-electron chi connectivity index (χ1n) is 9.46. The highest BCUT2D eigenvalue weighted by Crippen LogP contribution is 2.31. The summed E-state index contributed by atoms with van der Waals surface area (Å²) in [5.41, 5.74) is 7.79. The molecular weight excluding hydrogens is 488 g/mol. The number of pyridine rings is 1. The van der Waals surface area contributed by atoms with E-state index in [2.05, 4.69) is 15.3 Å². The van der Waals surface area contributed by atoms with Crippen molar-refractivity contribution in [2.75, 3.05) is 37.8 Å². The average molecular weight is 513 g/mol. The zero-order chi connectivity index (χ0) is 19.3. The third-order valence-electron chi connectivity index (χ3n) is 4.90. The number of halogens is 2. The first kappa shape index (κ1) is 21.6. The number of benzene rings is 1. The Hall–Kier alpha value is -2.14. The van der Waals surface area contributed by atoms with Gasteiger partial charge in [-0.25, -0.2) is 14.4 Å². The van der Waals surface area contributed by atoms with E-state index in [1.807, 2.05) is 29.2 Å². The van der Waals surface area contributed by atoms with E-state index in [1.165, 1.54) is 6.07 Å². The smallest absolute Gasteiger partial charge is 0.189 e. The van der Waals surface area contributed by atoms with Crippen LogP contribution >= 0.6 is 24.0 Å². The number of rotatable bonds is 4. The zero-order valence-electron chi connectivity index (χ0n) is 16.0. The van der Waals surface area contributed by atoms with Crippen molar-refractivity contribution in [1.82, 2.24) is 10.3 Å². The van der Waals surface area contributed by atoms with E-state index in [-0.39, 0.29) is 42.4 Å². The van der Waals surface area contributed by atoms with Crippen LogP contribution in [0.3, 0.4) is 0 Å². The Bertz CT molecular complexity index is 861. The van der Waals surface area contributed by atoms with Crippen LogP contribution in [0.4, 0.5) is 10.2 Å². The SMILES string of the molecule is I.NC(=NCc1cnc(N2CCOCC2)c(F)c1)NC1CCOc2ccccc21. The Balaban J connectivity index is 0.00000240. The molecule has 2 aliphatic rings. The number of ether oxygens (including phenoxy) is 2. The maximum atomic E-state index is 14.4. The predicted octanol–water partition coefficient (Wildman–Crippen LogP) is 2.60. The number of fused-ring (bicyclic) bond motifs is 1. The molecule has 0 amide bonds. The van der Waals surface area contributed by atoms with Gasteiger partial charge in [0.1, 0.15) is 5.75 Å². The van der Waals surface area contributed by atoms with Gasteiger partial charge < -0.3 is 25.4 Å². The lowest BCUT2D eigenvalue weighted by Crippen LogP contribution is -2.37. The first-order chi connectivity index (χ1) is 13.7. The fraction of sp³-hybridized carbons (Fsp3) is 0.400. The first-order valence-corrected chi connectivity index (χ1v) is 9.46. The molecule has 0 aliphatic carbocycles. The minimum Gasteiger partial charge on any atom is -0.493 e. The number of aliphatic imine (C=N–C) groups is 1. The standard InChI is InChI=1S/C20H24FN5O2.HI/c21-16-11-14(12-23-19(16)26-6-9-27-10-7-26)13-24-20(22)25-17-5-8-28-18-4-2-1-3-15(17)18;/h1-4,11-12,17H,5-10,13H2,(H3,22,24,25);1H. The van der Waals surface area contributed by atoms with Gasteiger partial charge in [-0.3, -0.25) is 0 Å². The summed E-state index contributed by atoms with van der Waals surface area (Å²) in [5.74, 6) is 1.20. The van der Waals surface area contributed by atoms with Gasteiger partial charge in [0.05, 0.1) is 32.4 Å². The van der Waals surface area contributed by atoms with E-state index in [9.17, 15) is 4.39 Å². The van der Waals surface area contributed by atoms with Gasteiger partial charge in [0.15, 0.2) is 17.6 Å². The summed E-state index contributed by atoms with van der Waals surface area (Å²) in [4.78, 5) is 10.5. The van der Waals surface area contributed by atoms with Crippen LogP contribution in [-0.2, 0) is 11.3 Å². The molecule has 1 aromatic heterocycles. The maximum Gasteiger partial charge on any atom is 0.189 e. The number of hydrogen-bond acceptors (Lipinski definition) is 5. The van der Waals surface area contributed by atoms with E-state index < -0.39 is 0 Å². The number of nitrogens with two attached hydrogens (primary N) is 1. The maximum absolute atomic E-state index is 14.4. The van der Waals surface area contributed by atoms with Gasteiger partial charge in [0.2, 0.25) is 0 Å². The van der Waals surface area contributed by atoms with Gasteiger partial charge in [-0.1, -0.05) is 18.2 Å². The molecule has 3 heterocycles. The van der Waals surface area contributed by atoms with Crippen molar-refractivity contribution in [2.24, 2.45) is 10.7 Å². The summed E-state index contributed by atoms with van der Waals surface area (Å²) < 4.78 is 25.4. The van der Waals surface area contributed by atoms with E-state index in [4.69, 9.17) is 15.2 Å². The summed E-state index contributed by atoms with van der Waals surface area (Å²) in [7, 11) is 0. The topological polar surface area (TPSA) is 85.0 Å². The lowest BCUT2D eigenvalue weighted by atomic mass is 10.0. The van der Waals surface area contributed by atoms with Gasteiger partial charge in [-0.05, 0) is 17.7 Å². The van der Waals surface area contributed by atoms with Crippen LogP contribution in [-0.4, -0.2) is 43.9 Å². The Morgan fingerprint density at radius 3 is 2.86 bits per heavy atom. The molecular formula is C20H25FIN5O2. The predicted molar refractivity (Wildman–Crippen MR) is 120 cm³/mol. The highest BCUT2D eigenvalue weighted by atomic mass is 127. The van der Waals surface area contributed by atoms with Crippen LogP contribution in [0.2, 0.25) is 0 Å². The average Bonchev–Trinajstić information content (AvgIpc) is 2.73. The van der Waals surface area contributed by atoms with Gasteiger partial charge in [0, 0.05) is 31.3 Å². The minimum atomic E-state index is -0.348. The molecule has 29 heavy (non-hydrogen) atoms. The number of guanidine groups is 1. The minimum absolute atomic E-state index is 0. The molecule has 7 nitrogen and oxygen atoms in total. The molecule has 2 aliphatic heterocycles. The molecule has 1 aromatic carbocycles.